The Morgan fingerprint density at radius 1 is 1.65 bits per heavy atom. The van der Waals surface area contributed by atoms with Gasteiger partial charge in [-0.1, -0.05) is 6.92 Å². The Hall–Kier alpha value is -1.82. The predicted octanol–water partition coefficient (Wildman–Crippen LogP) is 2.59. The summed E-state index contributed by atoms with van der Waals surface area (Å²) in [6.07, 6.45) is 2.78. The normalized spacial score (nSPS) is 18.6. The average Bonchev–Trinajstić information content (AvgIpc) is 3.18. The summed E-state index contributed by atoms with van der Waals surface area (Å²) in [6, 6.07) is 2.25. The Morgan fingerprint density at radius 3 is 3.15 bits per heavy atom. The van der Waals surface area contributed by atoms with Crippen LogP contribution in [0.2, 0.25) is 0 Å². The van der Waals surface area contributed by atoms with E-state index >= 15 is 0 Å². The van der Waals surface area contributed by atoms with Gasteiger partial charge in [-0.3, -0.25) is 9.89 Å². The van der Waals surface area contributed by atoms with E-state index in [-0.39, 0.29) is 11.9 Å². The largest absolute Gasteiger partial charge is 0.395 e. The molecule has 0 saturated carbocycles. The van der Waals surface area contributed by atoms with Crippen LogP contribution in [-0.4, -0.2) is 27.5 Å². The molecule has 0 spiro atoms. The summed E-state index contributed by atoms with van der Waals surface area (Å²) in [7, 11) is 0. The minimum atomic E-state index is -0.0628. The van der Waals surface area contributed by atoms with Crippen molar-refractivity contribution in [1.82, 2.24) is 15.1 Å². The number of aromatic amines is 1. The molecule has 2 aromatic heterocycles. The zero-order valence-electron chi connectivity index (χ0n) is 11.4. The number of thiophene rings is 1. The second-order valence-electron chi connectivity index (χ2n) is 5.03. The van der Waals surface area contributed by atoms with Crippen LogP contribution < -0.4 is 5.73 Å². The number of nitrogens with two attached hydrogens (primary N) is 1. The van der Waals surface area contributed by atoms with Gasteiger partial charge in [0.1, 0.15) is 0 Å². The lowest BCUT2D eigenvalue weighted by molar-refractivity contribution is 0.0731. The average molecular weight is 290 g/mol. The number of nitrogens with zero attached hydrogens (tertiary/aromatic N) is 2. The van der Waals surface area contributed by atoms with Crippen molar-refractivity contribution >= 4 is 22.9 Å². The molecule has 3 heterocycles. The number of rotatable bonds is 3. The summed E-state index contributed by atoms with van der Waals surface area (Å²) in [6.45, 7) is 2.76. The number of H-pyrrole nitrogens is 1. The molecule has 0 aromatic carbocycles. The number of amides is 1. The van der Waals surface area contributed by atoms with E-state index in [1.807, 2.05) is 11.8 Å². The van der Waals surface area contributed by atoms with Gasteiger partial charge in [-0.15, -0.1) is 0 Å². The van der Waals surface area contributed by atoms with Gasteiger partial charge < -0.3 is 10.6 Å². The highest BCUT2D eigenvalue weighted by molar-refractivity contribution is 7.07. The van der Waals surface area contributed by atoms with E-state index < -0.39 is 0 Å². The smallest absolute Gasteiger partial charge is 0.277 e. The molecule has 1 aliphatic rings. The van der Waals surface area contributed by atoms with E-state index in [4.69, 9.17) is 5.73 Å². The third-order valence-corrected chi connectivity index (χ3v) is 4.58. The lowest BCUT2D eigenvalue weighted by atomic mass is 10.1. The first-order chi connectivity index (χ1) is 9.72. The maximum absolute atomic E-state index is 12.7. The van der Waals surface area contributed by atoms with Crippen LogP contribution in [0.15, 0.2) is 16.8 Å². The van der Waals surface area contributed by atoms with Crippen molar-refractivity contribution in [3.8, 4) is 0 Å². The van der Waals surface area contributed by atoms with Crippen LogP contribution in [0.25, 0.3) is 0 Å². The number of carbonyl (C=O) groups is 1. The van der Waals surface area contributed by atoms with Gasteiger partial charge in [0.2, 0.25) is 0 Å². The Balaban J connectivity index is 1.87. The van der Waals surface area contributed by atoms with Crippen molar-refractivity contribution in [2.45, 2.75) is 32.2 Å². The molecule has 1 unspecified atom stereocenters. The third kappa shape index (κ3) is 2.10. The van der Waals surface area contributed by atoms with Gasteiger partial charge in [0.05, 0.1) is 17.4 Å². The van der Waals surface area contributed by atoms with Crippen LogP contribution in [-0.2, 0) is 6.42 Å². The number of anilines is 1. The number of nitrogens with one attached hydrogen (secondary N) is 1. The van der Waals surface area contributed by atoms with Crippen LogP contribution in [0, 0.1) is 0 Å². The van der Waals surface area contributed by atoms with Crippen LogP contribution >= 0.6 is 11.3 Å². The minimum Gasteiger partial charge on any atom is -0.395 e. The maximum atomic E-state index is 12.7. The zero-order valence-corrected chi connectivity index (χ0v) is 12.2. The fourth-order valence-corrected chi connectivity index (χ4v) is 3.48. The maximum Gasteiger partial charge on any atom is 0.277 e. The highest BCUT2D eigenvalue weighted by atomic mass is 32.1. The summed E-state index contributed by atoms with van der Waals surface area (Å²) in [5.74, 6) is -0.0628. The molecule has 0 radical (unpaired) electrons. The molecule has 3 rings (SSSR count). The Labute approximate surface area is 121 Å². The van der Waals surface area contributed by atoms with Crippen LogP contribution in [0.4, 0.5) is 5.69 Å². The Morgan fingerprint density at radius 2 is 2.50 bits per heavy atom. The van der Waals surface area contributed by atoms with Crippen molar-refractivity contribution in [1.29, 1.82) is 0 Å². The van der Waals surface area contributed by atoms with Crippen molar-refractivity contribution in [3.63, 3.8) is 0 Å². The number of nitrogen functional groups attached to an aromatic ring is 1. The molecule has 1 aliphatic heterocycles. The lowest BCUT2D eigenvalue weighted by Crippen LogP contribution is -2.31. The van der Waals surface area contributed by atoms with Gasteiger partial charge >= 0.3 is 0 Å². The highest BCUT2D eigenvalue weighted by Crippen LogP contribution is 2.34. The molecule has 6 heteroatoms. The first kappa shape index (κ1) is 13.2. The molecule has 106 valence electrons. The molecule has 1 amide bonds. The van der Waals surface area contributed by atoms with E-state index in [9.17, 15) is 4.79 Å². The third-order valence-electron chi connectivity index (χ3n) is 3.88. The SMILES string of the molecule is CCc1[nH]nc(C(=O)N2CCCC2c2ccsc2)c1N. The number of likely N-dealkylation sites (tertiary alicyclic amines) is 1. The topological polar surface area (TPSA) is 75.0 Å². The van der Waals surface area contributed by atoms with Crippen LogP contribution in [0.5, 0.6) is 0 Å². The van der Waals surface area contributed by atoms with Gasteiger partial charge in [-0.25, -0.2) is 0 Å². The van der Waals surface area contributed by atoms with Crippen molar-refractivity contribution in [2.75, 3.05) is 12.3 Å². The number of aryl methyl sites for hydroxylation is 1. The fraction of sp³-hybridized carbons (Fsp3) is 0.429. The fourth-order valence-electron chi connectivity index (χ4n) is 2.78. The standard InChI is InChI=1S/C14H18N4OS/c1-2-10-12(15)13(17-16-10)14(19)18-6-3-4-11(18)9-5-7-20-8-9/h5,7-8,11H,2-4,6,15H2,1H3,(H,16,17). The quantitative estimate of drug-likeness (QED) is 0.912. The molecular weight excluding hydrogens is 272 g/mol. The molecule has 0 aliphatic carbocycles. The monoisotopic (exact) mass is 290 g/mol. The van der Waals surface area contributed by atoms with Gasteiger partial charge in [0.15, 0.2) is 5.69 Å². The first-order valence-corrected chi connectivity index (χ1v) is 7.82. The molecule has 0 bridgehead atoms. The minimum absolute atomic E-state index is 0.0628. The molecule has 1 atom stereocenters. The molecular formula is C14H18N4OS. The van der Waals surface area contributed by atoms with E-state index in [1.54, 1.807) is 11.3 Å². The molecule has 3 N–H and O–H groups in total. The van der Waals surface area contributed by atoms with E-state index in [0.717, 1.165) is 31.5 Å². The molecule has 20 heavy (non-hydrogen) atoms. The molecule has 2 aromatic rings. The van der Waals surface area contributed by atoms with E-state index in [1.165, 1.54) is 5.56 Å². The van der Waals surface area contributed by atoms with Crippen LogP contribution in [0.1, 0.15) is 47.6 Å². The van der Waals surface area contributed by atoms with Gasteiger partial charge in [0.25, 0.3) is 5.91 Å². The van der Waals surface area contributed by atoms with Crippen molar-refractivity contribution in [2.24, 2.45) is 0 Å². The lowest BCUT2D eigenvalue weighted by Gasteiger charge is -2.23. The van der Waals surface area contributed by atoms with Gasteiger partial charge in [-0.2, -0.15) is 16.4 Å². The number of hydrogen-bond acceptors (Lipinski definition) is 4. The molecule has 1 fully saturated rings. The molecule has 1 saturated heterocycles. The van der Waals surface area contributed by atoms with Crippen LogP contribution in [0.3, 0.4) is 0 Å². The predicted molar refractivity (Wildman–Crippen MR) is 79.7 cm³/mol. The molecule has 5 nitrogen and oxygen atoms in total. The number of hydrogen-bond donors (Lipinski definition) is 2. The van der Waals surface area contributed by atoms with E-state index in [0.29, 0.717) is 11.4 Å². The van der Waals surface area contributed by atoms with Gasteiger partial charge in [-0.05, 0) is 41.7 Å². The summed E-state index contributed by atoms with van der Waals surface area (Å²) < 4.78 is 0. The first-order valence-electron chi connectivity index (χ1n) is 6.88. The summed E-state index contributed by atoms with van der Waals surface area (Å²) in [5, 5.41) is 11.1. The van der Waals surface area contributed by atoms with Crippen molar-refractivity contribution < 1.29 is 4.79 Å². The Kier molecular flexibility index (Phi) is 3.48. The van der Waals surface area contributed by atoms with Gasteiger partial charge in [0, 0.05) is 6.54 Å². The summed E-state index contributed by atoms with van der Waals surface area (Å²) >= 11 is 1.66. The summed E-state index contributed by atoms with van der Waals surface area (Å²) in [4.78, 5) is 14.6. The summed E-state index contributed by atoms with van der Waals surface area (Å²) in [5.41, 5.74) is 8.91. The van der Waals surface area contributed by atoms with E-state index in [2.05, 4.69) is 27.0 Å². The zero-order chi connectivity index (χ0) is 14.1. The second-order valence-corrected chi connectivity index (χ2v) is 5.81. The van der Waals surface area contributed by atoms with Crippen molar-refractivity contribution in [3.05, 3.63) is 33.8 Å². The number of aromatic nitrogens is 2. The highest BCUT2D eigenvalue weighted by Gasteiger charge is 2.33. The Bertz CT molecular complexity index is 605. The second kappa shape index (κ2) is 5.28. The number of carbonyl (C=O) groups excluding carboxylic acids is 1.